The molecule has 1 aromatic heterocycles. The van der Waals surface area contributed by atoms with Crippen molar-refractivity contribution in [2.45, 2.75) is 13.3 Å². The third-order valence-electron chi connectivity index (χ3n) is 3.22. The highest BCUT2D eigenvalue weighted by atomic mass is 35.5. The number of nitrogens with two attached hydrogens (primary N) is 1. The largest absolute Gasteiger partial charge is 0.491 e. The summed E-state index contributed by atoms with van der Waals surface area (Å²) in [5, 5.41) is 0.689. The van der Waals surface area contributed by atoms with Gasteiger partial charge < -0.3 is 10.5 Å². The molecule has 0 unspecified atom stereocenters. The lowest BCUT2D eigenvalue weighted by Gasteiger charge is -2.08. The van der Waals surface area contributed by atoms with Crippen molar-refractivity contribution in [2.24, 2.45) is 0 Å². The van der Waals surface area contributed by atoms with Gasteiger partial charge in [-0.05, 0) is 42.8 Å². The van der Waals surface area contributed by atoms with Crippen LogP contribution in [0.2, 0.25) is 5.02 Å². The molecule has 21 heavy (non-hydrogen) atoms. The van der Waals surface area contributed by atoms with Gasteiger partial charge in [0.05, 0.1) is 12.1 Å². The van der Waals surface area contributed by atoms with Crippen LogP contribution in [0.4, 0.5) is 5.95 Å². The van der Waals surface area contributed by atoms with Crippen molar-refractivity contribution in [2.75, 3.05) is 12.3 Å². The van der Waals surface area contributed by atoms with Gasteiger partial charge in [0.1, 0.15) is 11.3 Å². The van der Waals surface area contributed by atoms with E-state index in [2.05, 4.69) is 11.9 Å². The van der Waals surface area contributed by atoms with Crippen LogP contribution in [-0.4, -0.2) is 16.2 Å². The van der Waals surface area contributed by atoms with Crippen molar-refractivity contribution in [3.05, 3.63) is 47.5 Å². The number of benzene rings is 2. The van der Waals surface area contributed by atoms with E-state index in [0.717, 1.165) is 28.9 Å². The number of rotatable bonds is 4. The van der Waals surface area contributed by atoms with E-state index in [0.29, 0.717) is 17.6 Å². The highest BCUT2D eigenvalue weighted by molar-refractivity contribution is 6.30. The van der Waals surface area contributed by atoms with Crippen LogP contribution >= 0.6 is 11.6 Å². The van der Waals surface area contributed by atoms with Gasteiger partial charge in [-0.2, -0.15) is 0 Å². The van der Waals surface area contributed by atoms with Crippen molar-refractivity contribution in [1.82, 2.24) is 9.55 Å². The molecule has 0 radical (unpaired) electrons. The van der Waals surface area contributed by atoms with Gasteiger partial charge in [0.15, 0.2) is 0 Å². The summed E-state index contributed by atoms with van der Waals surface area (Å²) in [6, 6.07) is 13.3. The zero-order chi connectivity index (χ0) is 14.8. The molecule has 0 saturated heterocycles. The Morgan fingerprint density at radius 2 is 1.95 bits per heavy atom. The average Bonchev–Trinajstić information content (AvgIpc) is 2.83. The highest BCUT2D eigenvalue weighted by Crippen LogP contribution is 2.30. The van der Waals surface area contributed by atoms with Crippen LogP contribution in [0.3, 0.4) is 0 Å². The highest BCUT2D eigenvalue weighted by Gasteiger charge is 2.13. The molecular formula is C16H16ClN3O. The minimum Gasteiger partial charge on any atom is -0.491 e. The van der Waals surface area contributed by atoms with E-state index in [1.54, 1.807) is 0 Å². The minimum absolute atomic E-state index is 0.430. The van der Waals surface area contributed by atoms with Gasteiger partial charge in [0.2, 0.25) is 5.95 Å². The molecule has 2 aromatic carbocycles. The molecule has 0 fully saturated rings. The number of aromatic nitrogens is 2. The van der Waals surface area contributed by atoms with Crippen LogP contribution in [0.15, 0.2) is 42.5 Å². The molecule has 0 atom stereocenters. The van der Waals surface area contributed by atoms with Crippen molar-refractivity contribution in [3.63, 3.8) is 0 Å². The van der Waals surface area contributed by atoms with E-state index < -0.39 is 0 Å². The van der Waals surface area contributed by atoms with Crippen LogP contribution in [0, 0.1) is 0 Å². The van der Waals surface area contributed by atoms with Crippen LogP contribution in [-0.2, 0) is 0 Å². The Morgan fingerprint density at radius 1 is 1.19 bits per heavy atom. The van der Waals surface area contributed by atoms with Crippen molar-refractivity contribution < 1.29 is 4.74 Å². The summed E-state index contributed by atoms with van der Waals surface area (Å²) in [5.41, 5.74) is 8.70. The molecule has 108 valence electrons. The lowest BCUT2D eigenvalue weighted by Crippen LogP contribution is -2.00. The molecule has 4 nitrogen and oxygen atoms in total. The Labute approximate surface area is 128 Å². The number of ether oxygens (including phenoxy) is 1. The third kappa shape index (κ3) is 2.54. The van der Waals surface area contributed by atoms with Gasteiger partial charge in [-0.25, -0.2) is 4.98 Å². The van der Waals surface area contributed by atoms with Crippen molar-refractivity contribution in [1.29, 1.82) is 0 Å². The minimum atomic E-state index is 0.430. The summed E-state index contributed by atoms with van der Waals surface area (Å²) in [7, 11) is 0. The predicted octanol–water partition coefficient (Wildman–Crippen LogP) is 4.05. The predicted molar refractivity (Wildman–Crippen MR) is 86.3 cm³/mol. The molecular weight excluding hydrogens is 286 g/mol. The summed E-state index contributed by atoms with van der Waals surface area (Å²) < 4.78 is 7.63. The van der Waals surface area contributed by atoms with E-state index in [1.165, 1.54) is 0 Å². The standard InChI is InChI=1S/C16H16ClN3O/c1-2-10-21-14-5-3-4-13-15(14)19-16(18)20(13)12-8-6-11(17)7-9-12/h3-9H,2,10H2,1H3,(H2,18,19). The van der Waals surface area contributed by atoms with E-state index >= 15 is 0 Å². The van der Waals surface area contributed by atoms with Gasteiger partial charge in [-0.15, -0.1) is 0 Å². The molecule has 0 aliphatic rings. The van der Waals surface area contributed by atoms with Gasteiger partial charge in [-0.3, -0.25) is 4.57 Å². The average molecular weight is 302 g/mol. The molecule has 0 amide bonds. The van der Waals surface area contributed by atoms with Gasteiger partial charge >= 0.3 is 0 Å². The first kappa shape index (κ1) is 13.8. The molecule has 1 heterocycles. The Bertz CT molecular complexity index is 765. The zero-order valence-corrected chi connectivity index (χ0v) is 12.5. The molecule has 0 aliphatic heterocycles. The van der Waals surface area contributed by atoms with Crippen molar-refractivity contribution in [3.8, 4) is 11.4 Å². The number of anilines is 1. The summed E-state index contributed by atoms with van der Waals surface area (Å²) in [6.07, 6.45) is 0.948. The first-order valence-corrected chi connectivity index (χ1v) is 7.24. The molecule has 0 bridgehead atoms. The SMILES string of the molecule is CCCOc1cccc2c1nc(N)n2-c1ccc(Cl)cc1. The summed E-state index contributed by atoms with van der Waals surface area (Å²) in [5.74, 6) is 1.19. The maximum absolute atomic E-state index is 6.08. The fraction of sp³-hybridized carbons (Fsp3) is 0.188. The second-order valence-electron chi connectivity index (χ2n) is 4.75. The number of nitrogen functional groups attached to an aromatic ring is 1. The fourth-order valence-corrected chi connectivity index (χ4v) is 2.41. The number of hydrogen-bond donors (Lipinski definition) is 1. The van der Waals surface area contributed by atoms with Gasteiger partial charge in [0.25, 0.3) is 0 Å². The maximum atomic E-state index is 6.08. The Kier molecular flexibility index (Phi) is 3.71. The zero-order valence-electron chi connectivity index (χ0n) is 11.7. The van der Waals surface area contributed by atoms with Crippen LogP contribution in [0.25, 0.3) is 16.7 Å². The number of halogens is 1. The molecule has 3 aromatic rings. The number of fused-ring (bicyclic) bond motifs is 1. The van der Waals surface area contributed by atoms with E-state index in [9.17, 15) is 0 Å². The summed E-state index contributed by atoms with van der Waals surface area (Å²) in [4.78, 5) is 4.45. The quantitative estimate of drug-likeness (QED) is 0.791. The number of nitrogens with zero attached hydrogens (tertiary/aromatic N) is 2. The lowest BCUT2D eigenvalue weighted by atomic mass is 10.2. The molecule has 0 aliphatic carbocycles. The third-order valence-corrected chi connectivity index (χ3v) is 3.47. The number of para-hydroxylation sites is 1. The first-order chi connectivity index (χ1) is 10.2. The second kappa shape index (κ2) is 5.66. The summed E-state index contributed by atoms with van der Waals surface area (Å²) >= 11 is 5.94. The van der Waals surface area contributed by atoms with Gasteiger partial charge in [0, 0.05) is 10.7 Å². The topological polar surface area (TPSA) is 53.1 Å². The van der Waals surface area contributed by atoms with Gasteiger partial charge in [-0.1, -0.05) is 24.6 Å². The van der Waals surface area contributed by atoms with Crippen LogP contribution < -0.4 is 10.5 Å². The Morgan fingerprint density at radius 3 is 2.67 bits per heavy atom. The molecule has 5 heteroatoms. The number of imidazole rings is 1. The summed E-state index contributed by atoms with van der Waals surface area (Å²) in [6.45, 7) is 2.73. The van der Waals surface area contributed by atoms with Crippen LogP contribution in [0.1, 0.15) is 13.3 Å². The Balaban J connectivity index is 2.15. The monoisotopic (exact) mass is 301 g/mol. The van der Waals surface area contributed by atoms with E-state index in [1.807, 2.05) is 47.0 Å². The first-order valence-electron chi connectivity index (χ1n) is 6.86. The maximum Gasteiger partial charge on any atom is 0.206 e. The van der Waals surface area contributed by atoms with Crippen LogP contribution in [0.5, 0.6) is 5.75 Å². The Hall–Kier alpha value is -2.20. The second-order valence-corrected chi connectivity index (χ2v) is 5.19. The van der Waals surface area contributed by atoms with E-state index in [4.69, 9.17) is 22.1 Å². The normalized spacial score (nSPS) is 11.0. The smallest absolute Gasteiger partial charge is 0.206 e. The van der Waals surface area contributed by atoms with Crippen molar-refractivity contribution >= 4 is 28.6 Å². The molecule has 0 saturated carbocycles. The lowest BCUT2D eigenvalue weighted by molar-refractivity contribution is 0.320. The fourth-order valence-electron chi connectivity index (χ4n) is 2.28. The number of hydrogen-bond acceptors (Lipinski definition) is 3. The molecule has 2 N–H and O–H groups in total. The van der Waals surface area contributed by atoms with E-state index in [-0.39, 0.29) is 0 Å². The molecule has 3 rings (SSSR count). The molecule has 0 spiro atoms.